The van der Waals surface area contributed by atoms with Gasteiger partial charge in [0.25, 0.3) is 0 Å². The van der Waals surface area contributed by atoms with E-state index in [1.54, 1.807) is 12.0 Å². The first-order valence-corrected chi connectivity index (χ1v) is 4.82. The van der Waals surface area contributed by atoms with Crippen LogP contribution >= 0.6 is 11.6 Å². The Kier molecular flexibility index (Phi) is 4.32. The molecule has 0 aromatic carbocycles. The number of amides is 1. The molecule has 13 heavy (non-hydrogen) atoms. The van der Waals surface area contributed by atoms with E-state index in [0.717, 1.165) is 12.8 Å². The molecule has 0 radical (unpaired) electrons. The second kappa shape index (κ2) is 5.29. The smallest absolute Gasteiger partial charge is 0.410 e. The Hall–Kier alpha value is -0.480. The monoisotopic (exact) mass is 207 g/mol. The maximum atomic E-state index is 11.2. The normalized spacial score (nSPS) is 18.8. The van der Waals surface area contributed by atoms with Crippen molar-refractivity contribution in [3.05, 3.63) is 0 Å². The number of piperidine rings is 1. The molecule has 0 bridgehead atoms. The van der Waals surface area contributed by atoms with E-state index < -0.39 is 0 Å². The fraction of sp³-hybridized carbons (Fsp3) is 0.875. The van der Waals surface area contributed by atoms with Gasteiger partial charge in [0.1, 0.15) is 0 Å². The third-order valence-electron chi connectivity index (χ3n) is 2.21. The Labute approximate surface area is 82.7 Å². The van der Waals surface area contributed by atoms with Gasteiger partial charge in [0.05, 0.1) is 6.10 Å². The highest BCUT2D eigenvalue weighted by molar-refractivity contribution is 6.17. The van der Waals surface area contributed by atoms with Crippen molar-refractivity contribution in [2.24, 2.45) is 0 Å². The van der Waals surface area contributed by atoms with E-state index in [1.807, 2.05) is 0 Å². The highest BCUT2D eigenvalue weighted by atomic mass is 35.5. The second-order valence-electron chi connectivity index (χ2n) is 2.94. The molecule has 1 amide bonds. The van der Waals surface area contributed by atoms with E-state index in [4.69, 9.17) is 16.3 Å². The summed E-state index contributed by atoms with van der Waals surface area (Å²) in [7, 11) is 1.69. The molecule has 0 N–H and O–H groups in total. The lowest BCUT2D eigenvalue weighted by molar-refractivity contribution is 0.0369. The van der Waals surface area contributed by atoms with Crippen LogP contribution in [0.3, 0.4) is 0 Å². The Morgan fingerprint density at radius 3 is 2.62 bits per heavy atom. The summed E-state index contributed by atoms with van der Waals surface area (Å²) >= 11 is 5.28. The van der Waals surface area contributed by atoms with Crippen LogP contribution in [0.1, 0.15) is 12.8 Å². The summed E-state index contributed by atoms with van der Waals surface area (Å²) in [6.45, 7) is 1.38. The molecule has 1 aliphatic rings. The first-order chi connectivity index (χ1) is 6.27. The van der Waals surface area contributed by atoms with Crippen LogP contribution < -0.4 is 0 Å². The molecule has 0 spiro atoms. The van der Waals surface area contributed by atoms with Crippen molar-refractivity contribution in [3.63, 3.8) is 0 Å². The van der Waals surface area contributed by atoms with Crippen LogP contribution in [0.4, 0.5) is 4.79 Å². The number of methoxy groups -OCH3 is 1. The van der Waals surface area contributed by atoms with Gasteiger partial charge in [0.15, 0.2) is 6.07 Å². The molecular formula is C8H14ClNO3. The van der Waals surface area contributed by atoms with E-state index >= 15 is 0 Å². The predicted octanol–water partition coefficient (Wildman–Crippen LogP) is 1.43. The maximum absolute atomic E-state index is 11.2. The molecule has 0 aromatic rings. The first kappa shape index (κ1) is 10.6. The van der Waals surface area contributed by atoms with Gasteiger partial charge in [-0.15, -0.1) is 0 Å². The molecule has 1 saturated heterocycles. The minimum atomic E-state index is -0.329. The van der Waals surface area contributed by atoms with Crippen molar-refractivity contribution in [3.8, 4) is 0 Å². The summed E-state index contributed by atoms with van der Waals surface area (Å²) in [5.41, 5.74) is 0. The maximum Gasteiger partial charge on any atom is 0.410 e. The van der Waals surface area contributed by atoms with Gasteiger partial charge < -0.3 is 14.4 Å². The lowest BCUT2D eigenvalue weighted by Crippen LogP contribution is -2.40. The molecule has 1 aliphatic heterocycles. The van der Waals surface area contributed by atoms with Crippen LogP contribution in [-0.4, -0.2) is 43.4 Å². The summed E-state index contributed by atoms with van der Waals surface area (Å²) in [6, 6.07) is -0.0803. The van der Waals surface area contributed by atoms with E-state index in [-0.39, 0.29) is 18.3 Å². The van der Waals surface area contributed by atoms with E-state index in [9.17, 15) is 4.79 Å². The zero-order valence-electron chi connectivity index (χ0n) is 7.66. The number of carbonyl (C=O) groups is 1. The number of halogens is 1. The van der Waals surface area contributed by atoms with Gasteiger partial charge in [-0.1, -0.05) is 11.6 Å². The number of likely N-dealkylation sites (tertiary alicyclic amines) is 1. The quantitative estimate of drug-likeness (QED) is 0.643. The van der Waals surface area contributed by atoms with Gasteiger partial charge in [-0.3, -0.25) is 0 Å². The molecule has 76 valence electrons. The Morgan fingerprint density at radius 2 is 2.15 bits per heavy atom. The fourth-order valence-electron chi connectivity index (χ4n) is 1.41. The van der Waals surface area contributed by atoms with Gasteiger partial charge in [-0.2, -0.15) is 0 Å². The van der Waals surface area contributed by atoms with Crippen molar-refractivity contribution >= 4 is 17.7 Å². The molecule has 0 unspecified atom stereocenters. The molecule has 1 heterocycles. The number of carbonyl (C=O) groups excluding carboxylic acids is 1. The van der Waals surface area contributed by atoms with Gasteiger partial charge >= 0.3 is 6.09 Å². The van der Waals surface area contributed by atoms with E-state index in [0.29, 0.717) is 13.1 Å². The number of hydrogen-bond donors (Lipinski definition) is 0. The fourth-order valence-corrected chi connectivity index (χ4v) is 1.51. The van der Waals surface area contributed by atoms with Crippen molar-refractivity contribution in [1.29, 1.82) is 0 Å². The van der Waals surface area contributed by atoms with Crippen molar-refractivity contribution < 1.29 is 14.3 Å². The summed E-state index contributed by atoms with van der Waals surface area (Å²) in [5.74, 6) is 0. The standard InChI is InChI=1S/C8H14ClNO3/c1-12-7-2-4-10(5-3-7)8(11)13-6-9/h7H,2-6H2,1H3. The molecular weight excluding hydrogens is 194 g/mol. The Bertz CT molecular complexity index is 169. The minimum absolute atomic E-state index is 0.0803. The van der Waals surface area contributed by atoms with Crippen molar-refractivity contribution in [1.82, 2.24) is 4.90 Å². The van der Waals surface area contributed by atoms with E-state index in [1.165, 1.54) is 0 Å². The molecule has 4 nitrogen and oxygen atoms in total. The van der Waals surface area contributed by atoms with Crippen LogP contribution in [0.5, 0.6) is 0 Å². The third kappa shape index (κ3) is 3.04. The van der Waals surface area contributed by atoms with Gasteiger partial charge in [-0.25, -0.2) is 4.79 Å². The zero-order chi connectivity index (χ0) is 9.68. The lowest BCUT2D eigenvalue weighted by atomic mass is 10.1. The minimum Gasteiger partial charge on any atom is -0.433 e. The van der Waals surface area contributed by atoms with Crippen LogP contribution in [0, 0.1) is 0 Å². The summed E-state index contributed by atoms with van der Waals surface area (Å²) in [5, 5.41) is 0. The van der Waals surface area contributed by atoms with Crippen LogP contribution in [-0.2, 0) is 9.47 Å². The largest absolute Gasteiger partial charge is 0.433 e. The average Bonchev–Trinajstić information content (AvgIpc) is 2.18. The third-order valence-corrected chi connectivity index (χ3v) is 2.32. The summed E-state index contributed by atoms with van der Waals surface area (Å²) < 4.78 is 9.84. The van der Waals surface area contributed by atoms with Gasteiger partial charge in [0.2, 0.25) is 0 Å². The van der Waals surface area contributed by atoms with Crippen molar-refractivity contribution in [2.75, 3.05) is 26.3 Å². The molecule has 0 aliphatic carbocycles. The first-order valence-electron chi connectivity index (χ1n) is 4.28. The lowest BCUT2D eigenvalue weighted by Gasteiger charge is -2.30. The molecule has 1 rings (SSSR count). The van der Waals surface area contributed by atoms with Crippen LogP contribution in [0.2, 0.25) is 0 Å². The number of alkyl halides is 1. The number of ether oxygens (including phenoxy) is 2. The van der Waals surface area contributed by atoms with E-state index in [2.05, 4.69) is 4.74 Å². The number of nitrogens with zero attached hydrogens (tertiary/aromatic N) is 1. The highest BCUT2D eigenvalue weighted by Gasteiger charge is 2.22. The molecule has 5 heteroatoms. The zero-order valence-corrected chi connectivity index (χ0v) is 8.42. The molecule has 1 fully saturated rings. The SMILES string of the molecule is COC1CCN(C(=O)OCCl)CC1. The van der Waals surface area contributed by atoms with Crippen LogP contribution in [0.15, 0.2) is 0 Å². The Morgan fingerprint density at radius 1 is 1.54 bits per heavy atom. The Balaban J connectivity index is 2.28. The summed E-state index contributed by atoms with van der Waals surface area (Å²) in [4.78, 5) is 12.8. The highest BCUT2D eigenvalue weighted by Crippen LogP contribution is 2.13. The predicted molar refractivity (Wildman–Crippen MR) is 48.8 cm³/mol. The number of hydrogen-bond acceptors (Lipinski definition) is 3. The van der Waals surface area contributed by atoms with Crippen molar-refractivity contribution in [2.45, 2.75) is 18.9 Å². The second-order valence-corrected chi connectivity index (χ2v) is 3.16. The average molecular weight is 208 g/mol. The molecule has 0 atom stereocenters. The topological polar surface area (TPSA) is 38.8 Å². The summed E-state index contributed by atoms with van der Waals surface area (Å²) in [6.07, 6.45) is 1.69. The van der Waals surface area contributed by atoms with Gasteiger partial charge in [-0.05, 0) is 12.8 Å². The molecule has 0 saturated carbocycles. The number of rotatable bonds is 2. The van der Waals surface area contributed by atoms with Gasteiger partial charge in [0, 0.05) is 20.2 Å². The molecule has 0 aromatic heterocycles. The van der Waals surface area contributed by atoms with Crippen LogP contribution in [0.25, 0.3) is 0 Å².